The van der Waals surface area contributed by atoms with Crippen molar-refractivity contribution < 1.29 is 8.42 Å². The van der Waals surface area contributed by atoms with E-state index in [2.05, 4.69) is 9.71 Å². The summed E-state index contributed by atoms with van der Waals surface area (Å²) in [6, 6.07) is 5.01. The topological polar surface area (TPSA) is 59.1 Å². The molecule has 16 heavy (non-hydrogen) atoms. The monoisotopic (exact) mass is 256 g/mol. The Kier molecular flexibility index (Phi) is 2.96. The molecule has 2 aromatic rings. The zero-order valence-corrected chi connectivity index (χ0v) is 10.7. The van der Waals surface area contributed by atoms with E-state index in [-0.39, 0.29) is 4.90 Å². The zero-order valence-electron chi connectivity index (χ0n) is 9.02. The Bertz CT molecular complexity index is 617. The Hall–Kier alpha value is -0.980. The van der Waals surface area contributed by atoms with Gasteiger partial charge in [-0.3, -0.25) is 0 Å². The number of hydrogen-bond acceptors (Lipinski definition) is 4. The van der Waals surface area contributed by atoms with E-state index in [0.717, 1.165) is 15.2 Å². The third kappa shape index (κ3) is 2.09. The zero-order chi connectivity index (χ0) is 11.8. The van der Waals surface area contributed by atoms with Crippen LogP contribution in [0.5, 0.6) is 0 Å². The predicted octanol–water partition coefficient (Wildman–Crippen LogP) is 1.90. The number of aromatic nitrogens is 1. The highest BCUT2D eigenvalue weighted by atomic mass is 32.2. The van der Waals surface area contributed by atoms with E-state index in [1.165, 1.54) is 0 Å². The molecule has 0 unspecified atom stereocenters. The maximum atomic E-state index is 11.7. The van der Waals surface area contributed by atoms with Gasteiger partial charge < -0.3 is 0 Å². The Labute approximate surface area is 98.4 Å². The molecule has 0 bridgehead atoms. The first-order valence-corrected chi connectivity index (χ1v) is 7.20. The van der Waals surface area contributed by atoms with Crippen molar-refractivity contribution in [3.63, 3.8) is 0 Å². The van der Waals surface area contributed by atoms with Crippen LogP contribution in [0.1, 0.15) is 11.9 Å². The number of thiazole rings is 1. The molecule has 0 spiro atoms. The summed E-state index contributed by atoms with van der Waals surface area (Å²) in [4.78, 5) is 4.54. The summed E-state index contributed by atoms with van der Waals surface area (Å²) in [7, 11) is -3.38. The number of fused-ring (bicyclic) bond motifs is 1. The van der Waals surface area contributed by atoms with Gasteiger partial charge in [-0.05, 0) is 25.1 Å². The summed E-state index contributed by atoms with van der Waals surface area (Å²) in [5.74, 6) is 0. The first-order valence-electron chi connectivity index (χ1n) is 4.90. The average Bonchev–Trinajstić information content (AvgIpc) is 2.56. The molecule has 2 rings (SSSR count). The van der Waals surface area contributed by atoms with Gasteiger partial charge in [0.05, 0.1) is 20.1 Å². The Morgan fingerprint density at radius 2 is 2.19 bits per heavy atom. The largest absolute Gasteiger partial charge is 0.241 e. The van der Waals surface area contributed by atoms with Crippen LogP contribution in [0.15, 0.2) is 23.1 Å². The fourth-order valence-electron chi connectivity index (χ4n) is 1.46. The minimum atomic E-state index is -3.38. The second-order valence-corrected chi connectivity index (χ2v) is 6.37. The van der Waals surface area contributed by atoms with Crippen LogP contribution in [-0.2, 0) is 10.0 Å². The van der Waals surface area contributed by atoms with E-state index >= 15 is 0 Å². The normalized spacial score (nSPS) is 12.1. The molecule has 0 atom stereocenters. The quantitative estimate of drug-likeness (QED) is 0.912. The van der Waals surface area contributed by atoms with Crippen LogP contribution >= 0.6 is 11.3 Å². The van der Waals surface area contributed by atoms with Crippen LogP contribution in [0.4, 0.5) is 0 Å². The van der Waals surface area contributed by atoms with E-state index in [1.807, 2.05) is 6.92 Å². The molecule has 6 heteroatoms. The molecule has 1 heterocycles. The van der Waals surface area contributed by atoms with Gasteiger partial charge >= 0.3 is 0 Å². The molecular weight excluding hydrogens is 244 g/mol. The fourth-order valence-corrected chi connectivity index (χ4v) is 3.33. The van der Waals surface area contributed by atoms with Crippen LogP contribution in [0.3, 0.4) is 0 Å². The van der Waals surface area contributed by atoms with Crippen LogP contribution in [0.25, 0.3) is 10.2 Å². The summed E-state index contributed by atoms with van der Waals surface area (Å²) in [6.07, 6.45) is 0. The molecular formula is C10H12N2O2S2. The summed E-state index contributed by atoms with van der Waals surface area (Å²) >= 11 is 1.56. The first kappa shape index (κ1) is 11.5. The number of hydrogen-bond donors (Lipinski definition) is 1. The van der Waals surface area contributed by atoms with Crippen molar-refractivity contribution in [1.82, 2.24) is 9.71 Å². The number of nitrogens with zero attached hydrogens (tertiary/aromatic N) is 1. The molecule has 1 N–H and O–H groups in total. The van der Waals surface area contributed by atoms with E-state index in [0.29, 0.717) is 6.54 Å². The number of sulfonamides is 1. The standard InChI is InChI=1S/C10H12N2O2S2/c1-3-11-16(13,14)8-4-5-10-9(6-8)12-7(2)15-10/h4-6,11H,3H2,1-2H3. The smallest absolute Gasteiger partial charge is 0.240 e. The van der Waals surface area contributed by atoms with E-state index in [9.17, 15) is 8.42 Å². The van der Waals surface area contributed by atoms with Crippen molar-refractivity contribution in [2.45, 2.75) is 18.7 Å². The first-order chi connectivity index (χ1) is 7.53. The maximum absolute atomic E-state index is 11.7. The molecule has 0 fully saturated rings. The third-order valence-electron chi connectivity index (χ3n) is 2.11. The molecule has 1 aromatic carbocycles. The third-order valence-corrected chi connectivity index (χ3v) is 4.61. The Balaban J connectivity index is 2.54. The van der Waals surface area contributed by atoms with E-state index in [1.54, 1.807) is 36.5 Å². The van der Waals surface area contributed by atoms with Gasteiger partial charge in [0.1, 0.15) is 0 Å². The summed E-state index contributed by atoms with van der Waals surface area (Å²) < 4.78 is 27.0. The van der Waals surface area contributed by atoms with Crippen LogP contribution < -0.4 is 4.72 Å². The maximum Gasteiger partial charge on any atom is 0.240 e. The molecule has 0 saturated heterocycles. The number of nitrogens with one attached hydrogen (secondary N) is 1. The lowest BCUT2D eigenvalue weighted by atomic mass is 10.3. The molecule has 0 radical (unpaired) electrons. The molecule has 0 aliphatic carbocycles. The lowest BCUT2D eigenvalue weighted by Crippen LogP contribution is -2.22. The number of benzene rings is 1. The highest BCUT2D eigenvalue weighted by Crippen LogP contribution is 2.24. The highest BCUT2D eigenvalue weighted by Gasteiger charge is 2.13. The lowest BCUT2D eigenvalue weighted by molar-refractivity contribution is 0.584. The van der Waals surface area contributed by atoms with Crippen molar-refractivity contribution in [3.8, 4) is 0 Å². The van der Waals surface area contributed by atoms with Crippen LogP contribution in [-0.4, -0.2) is 19.9 Å². The minimum absolute atomic E-state index is 0.271. The molecule has 0 aliphatic heterocycles. The van der Waals surface area contributed by atoms with Gasteiger partial charge in [-0.15, -0.1) is 11.3 Å². The Morgan fingerprint density at radius 1 is 1.44 bits per heavy atom. The van der Waals surface area contributed by atoms with Crippen molar-refractivity contribution in [3.05, 3.63) is 23.2 Å². The van der Waals surface area contributed by atoms with E-state index in [4.69, 9.17) is 0 Å². The van der Waals surface area contributed by atoms with Crippen LogP contribution in [0, 0.1) is 6.92 Å². The molecule has 0 saturated carbocycles. The Morgan fingerprint density at radius 3 is 2.88 bits per heavy atom. The van der Waals surface area contributed by atoms with Gasteiger partial charge in [0, 0.05) is 6.54 Å². The summed E-state index contributed by atoms with van der Waals surface area (Å²) in [5, 5.41) is 0.938. The highest BCUT2D eigenvalue weighted by molar-refractivity contribution is 7.89. The van der Waals surface area contributed by atoms with Crippen molar-refractivity contribution >= 4 is 31.6 Å². The number of aryl methyl sites for hydroxylation is 1. The SMILES string of the molecule is CCNS(=O)(=O)c1ccc2sc(C)nc2c1. The van der Waals surface area contributed by atoms with Crippen LogP contribution in [0.2, 0.25) is 0 Å². The van der Waals surface area contributed by atoms with Gasteiger partial charge in [-0.25, -0.2) is 18.1 Å². The second kappa shape index (κ2) is 4.12. The van der Waals surface area contributed by atoms with Gasteiger partial charge in [0.15, 0.2) is 0 Å². The lowest BCUT2D eigenvalue weighted by Gasteiger charge is -2.03. The van der Waals surface area contributed by atoms with Crippen molar-refractivity contribution in [2.75, 3.05) is 6.54 Å². The van der Waals surface area contributed by atoms with Gasteiger partial charge in [0.2, 0.25) is 10.0 Å². The van der Waals surface area contributed by atoms with Gasteiger partial charge in [0.25, 0.3) is 0 Å². The predicted molar refractivity (Wildman–Crippen MR) is 65.2 cm³/mol. The van der Waals surface area contributed by atoms with Gasteiger partial charge in [-0.2, -0.15) is 0 Å². The van der Waals surface area contributed by atoms with E-state index < -0.39 is 10.0 Å². The molecule has 1 aromatic heterocycles. The molecule has 0 amide bonds. The average molecular weight is 256 g/mol. The van der Waals surface area contributed by atoms with Gasteiger partial charge in [-0.1, -0.05) is 6.92 Å². The molecule has 0 aliphatic rings. The molecule has 4 nitrogen and oxygen atoms in total. The second-order valence-electron chi connectivity index (χ2n) is 3.36. The van der Waals surface area contributed by atoms with Crippen molar-refractivity contribution in [1.29, 1.82) is 0 Å². The number of rotatable bonds is 3. The minimum Gasteiger partial charge on any atom is -0.241 e. The molecule has 86 valence electrons. The summed E-state index contributed by atoms with van der Waals surface area (Å²) in [5.41, 5.74) is 0.737. The van der Waals surface area contributed by atoms with Crippen molar-refractivity contribution in [2.24, 2.45) is 0 Å². The summed E-state index contributed by atoms with van der Waals surface area (Å²) in [6.45, 7) is 4.04. The fraction of sp³-hybridized carbons (Fsp3) is 0.300.